The van der Waals surface area contributed by atoms with Crippen molar-refractivity contribution in [3.05, 3.63) is 0 Å². The summed E-state index contributed by atoms with van der Waals surface area (Å²) in [4.78, 5) is 14.6. The van der Waals surface area contributed by atoms with Crippen LogP contribution in [-0.2, 0) is 4.79 Å². The first-order valence-electron chi connectivity index (χ1n) is 4.66. The molecule has 0 bridgehead atoms. The van der Waals surface area contributed by atoms with Crippen LogP contribution in [0.25, 0.3) is 0 Å². The van der Waals surface area contributed by atoms with Crippen LogP contribution < -0.4 is 0 Å². The molecule has 1 heterocycles. The third-order valence-corrected chi connectivity index (χ3v) is 2.31. The Labute approximate surface area is 79.7 Å². The predicted molar refractivity (Wildman–Crippen MR) is 52.4 cm³/mol. The Morgan fingerprint density at radius 1 is 1.31 bits per heavy atom. The Morgan fingerprint density at radius 3 is 2.62 bits per heavy atom. The van der Waals surface area contributed by atoms with Crippen LogP contribution in [0, 0.1) is 11.8 Å². The van der Waals surface area contributed by atoms with Crippen molar-refractivity contribution >= 4 is 6.29 Å². The lowest BCUT2D eigenvalue weighted by atomic mass is 10.3. The van der Waals surface area contributed by atoms with E-state index < -0.39 is 0 Å². The number of carbonyl (C=O) groups excluding carboxylic acids is 1. The van der Waals surface area contributed by atoms with Gasteiger partial charge in [0, 0.05) is 39.1 Å². The summed E-state index contributed by atoms with van der Waals surface area (Å²) in [6.45, 7) is 5.52. The van der Waals surface area contributed by atoms with Gasteiger partial charge in [0.2, 0.25) is 0 Å². The van der Waals surface area contributed by atoms with Gasteiger partial charge in [-0.3, -0.25) is 9.69 Å². The molecule has 13 heavy (non-hydrogen) atoms. The largest absolute Gasteiger partial charge is 0.304 e. The zero-order chi connectivity index (χ0) is 9.52. The van der Waals surface area contributed by atoms with Crippen LogP contribution in [0.5, 0.6) is 0 Å². The van der Waals surface area contributed by atoms with Crippen molar-refractivity contribution < 1.29 is 4.79 Å². The van der Waals surface area contributed by atoms with Gasteiger partial charge in [-0.25, -0.2) is 0 Å². The summed E-state index contributed by atoms with van der Waals surface area (Å²) in [5.41, 5.74) is 0. The summed E-state index contributed by atoms with van der Waals surface area (Å²) in [6.07, 6.45) is 1.46. The average Bonchev–Trinajstić information content (AvgIpc) is 2.15. The van der Waals surface area contributed by atoms with Crippen molar-refractivity contribution in [2.24, 2.45) is 0 Å². The van der Waals surface area contributed by atoms with Crippen LogP contribution >= 0.6 is 0 Å². The summed E-state index contributed by atoms with van der Waals surface area (Å²) in [5.74, 6) is 5.25. The molecule has 1 rings (SSSR count). The first-order chi connectivity index (χ1) is 6.33. The Bertz CT molecular complexity index is 209. The summed E-state index contributed by atoms with van der Waals surface area (Å²) >= 11 is 0. The van der Waals surface area contributed by atoms with Crippen molar-refractivity contribution in [2.45, 2.75) is 6.42 Å². The molecule has 1 fully saturated rings. The first kappa shape index (κ1) is 10.2. The van der Waals surface area contributed by atoms with E-state index in [-0.39, 0.29) is 0 Å². The second kappa shape index (κ2) is 5.74. The van der Waals surface area contributed by atoms with Gasteiger partial charge < -0.3 is 4.90 Å². The van der Waals surface area contributed by atoms with Crippen LogP contribution in [0.15, 0.2) is 0 Å². The Hall–Kier alpha value is -0.850. The van der Waals surface area contributed by atoms with E-state index in [0.717, 1.165) is 39.1 Å². The van der Waals surface area contributed by atoms with Crippen molar-refractivity contribution in [3.63, 3.8) is 0 Å². The van der Waals surface area contributed by atoms with Gasteiger partial charge in [0.15, 0.2) is 6.29 Å². The first-order valence-corrected chi connectivity index (χ1v) is 4.66. The fourth-order valence-electron chi connectivity index (χ4n) is 1.40. The second-order valence-corrected chi connectivity index (χ2v) is 3.33. The standard InChI is InChI=1S/C10H16N2O/c1-11-6-8-12(9-7-11)5-3-2-4-10-13/h10H,3,5-9H2,1H3. The van der Waals surface area contributed by atoms with Gasteiger partial charge in [-0.15, -0.1) is 0 Å². The molecule has 72 valence electrons. The lowest BCUT2D eigenvalue weighted by molar-refractivity contribution is -0.103. The van der Waals surface area contributed by atoms with Crippen LogP contribution in [0.2, 0.25) is 0 Å². The maximum absolute atomic E-state index is 9.91. The summed E-state index contributed by atoms with van der Waals surface area (Å²) in [6, 6.07) is 0. The number of aldehydes is 1. The van der Waals surface area contributed by atoms with E-state index in [1.165, 1.54) is 0 Å². The van der Waals surface area contributed by atoms with Crippen LogP contribution in [-0.4, -0.2) is 55.9 Å². The third kappa shape index (κ3) is 4.07. The number of likely N-dealkylation sites (N-methyl/N-ethyl adjacent to an activating group) is 1. The Kier molecular flexibility index (Phi) is 4.52. The van der Waals surface area contributed by atoms with Gasteiger partial charge in [0.25, 0.3) is 0 Å². The zero-order valence-electron chi connectivity index (χ0n) is 8.12. The molecule has 0 aliphatic carbocycles. The maximum atomic E-state index is 9.91. The number of hydrogen-bond acceptors (Lipinski definition) is 3. The molecule has 3 nitrogen and oxygen atoms in total. The lowest BCUT2D eigenvalue weighted by Gasteiger charge is -2.31. The molecular weight excluding hydrogens is 164 g/mol. The third-order valence-electron chi connectivity index (χ3n) is 2.31. The number of nitrogens with zero attached hydrogens (tertiary/aromatic N) is 2. The molecule has 0 aromatic carbocycles. The van der Waals surface area contributed by atoms with Crippen LogP contribution in [0.1, 0.15) is 6.42 Å². The molecule has 3 heteroatoms. The summed E-state index contributed by atoms with van der Waals surface area (Å²) < 4.78 is 0. The molecule has 0 aromatic rings. The monoisotopic (exact) mass is 180 g/mol. The van der Waals surface area contributed by atoms with Crippen LogP contribution in [0.3, 0.4) is 0 Å². The van der Waals surface area contributed by atoms with E-state index in [0.29, 0.717) is 6.29 Å². The SMILES string of the molecule is CN1CCN(CCC#CC=O)CC1. The molecule has 0 spiro atoms. The van der Waals surface area contributed by atoms with Gasteiger partial charge >= 0.3 is 0 Å². The van der Waals surface area contributed by atoms with E-state index in [1.807, 2.05) is 0 Å². The van der Waals surface area contributed by atoms with Crippen molar-refractivity contribution in [3.8, 4) is 11.8 Å². The van der Waals surface area contributed by atoms with Crippen molar-refractivity contribution in [1.29, 1.82) is 0 Å². The molecule has 1 aliphatic rings. The normalized spacial score (nSPS) is 19.2. The highest BCUT2D eigenvalue weighted by atomic mass is 16.1. The Morgan fingerprint density at radius 2 is 2.00 bits per heavy atom. The lowest BCUT2D eigenvalue weighted by Crippen LogP contribution is -2.44. The Balaban J connectivity index is 2.12. The molecule has 0 atom stereocenters. The van der Waals surface area contributed by atoms with Gasteiger partial charge in [-0.2, -0.15) is 0 Å². The van der Waals surface area contributed by atoms with Gasteiger partial charge in [0.05, 0.1) is 0 Å². The molecule has 1 saturated heterocycles. The highest BCUT2D eigenvalue weighted by Gasteiger charge is 2.11. The van der Waals surface area contributed by atoms with Crippen LogP contribution in [0.4, 0.5) is 0 Å². The van der Waals surface area contributed by atoms with Gasteiger partial charge in [0.1, 0.15) is 0 Å². The second-order valence-electron chi connectivity index (χ2n) is 3.33. The maximum Gasteiger partial charge on any atom is 0.192 e. The van der Waals surface area contributed by atoms with Gasteiger partial charge in [-0.05, 0) is 13.0 Å². The quantitative estimate of drug-likeness (QED) is 0.435. The molecule has 0 aromatic heterocycles. The van der Waals surface area contributed by atoms with E-state index in [9.17, 15) is 4.79 Å². The topological polar surface area (TPSA) is 23.6 Å². The zero-order valence-corrected chi connectivity index (χ0v) is 8.12. The molecule has 1 aliphatic heterocycles. The fraction of sp³-hybridized carbons (Fsp3) is 0.700. The van der Waals surface area contributed by atoms with E-state index in [1.54, 1.807) is 0 Å². The summed E-state index contributed by atoms with van der Waals surface area (Å²) in [5, 5.41) is 0. The minimum atomic E-state index is 0.657. The molecule has 0 N–H and O–H groups in total. The smallest absolute Gasteiger partial charge is 0.192 e. The molecule has 0 amide bonds. The molecular formula is C10H16N2O. The van der Waals surface area contributed by atoms with Gasteiger partial charge in [-0.1, -0.05) is 5.92 Å². The molecule has 0 saturated carbocycles. The van der Waals surface area contributed by atoms with E-state index >= 15 is 0 Å². The minimum absolute atomic E-state index is 0.657. The highest BCUT2D eigenvalue weighted by molar-refractivity contribution is 5.72. The predicted octanol–water partition coefficient (Wildman–Crippen LogP) is -0.174. The highest BCUT2D eigenvalue weighted by Crippen LogP contribution is 1.98. The van der Waals surface area contributed by atoms with E-state index in [2.05, 4.69) is 28.7 Å². The van der Waals surface area contributed by atoms with E-state index in [4.69, 9.17) is 0 Å². The van der Waals surface area contributed by atoms with Crippen molar-refractivity contribution in [2.75, 3.05) is 39.8 Å². The molecule has 0 unspecified atom stereocenters. The minimum Gasteiger partial charge on any atom is -0.304 e. The fourth-order valence-corrected chi connectivity index (χ4v) is 1.40. The number of carbonyl (C=O) groups is 1. The number of hydrogen-bond donors (Lipinski definition) is 0. The molecule has 0 radical (unpaired) electrons. The number of piperazine rings is 1. The average molecular weight is 180 g/mol. The number of rotatable bonds is 2. The van der Waals surface area contributed by atoms with Crippen molar-refractivity contribution in [1.82, 2.24) is 9.80 Å². The summed E-state index contributed by atoms with van der Waals surface area (Å²) in [7, 11) is 2.14.